The molecule has 2 amide bonds. The maximum Gasteiger partial charge on any atom is 0.257 e. The predicted octanol–water partition coefficient (Wildman–Crippen LogP) is 1.97. The lowest BCUT2D eigenvalue weighted by molar-refractivity contribution is 0.0534. The Morgan fingerprint density at radius 3 is 2.43 bits per heavy atom. The molecule has 1 saturated heterocycles. The fourth-order valence-electron chi connectivity index (χ4n) is 3.86. The average molecular weight is 386 g/mol. The molecule has 28 heavy (non-hydrogen) atoms. The van der Waals surface area contributed by atoms with Gasteiger partial charge in [0, 0.05) is 38.3 Å². The zero-order valence-corrected chi connectivity index (χ0v) is 15.9. The van der Waals surface area contributed by atoms with Crippen LogP contribution in [0.2, 0.25) is 0 Å². The molecule has 0 radical (unpaired) electrons. The number of benzene rings is 1. The van der Waals surface area contributed by atoms with Gasteiger partial charge in [-0.3, -0.25) is 14.3 Å². The van der Waals surface area contributed by atoms with Crippen molar-refractivity contribution >= 4 is 11.8 Å². The minimum Gasteiger partial charge on any atom is -0.494 e. The van der Waals surface area contributed by atoms with Gasteiger partial charge in [0.15, 0.2) is 11.6 Å². The van der Waals surface area contributed by atoms with Gasteiger partial charge in [0.2, 0.25) is 0 Å². The van der Waals surface area contributed by atoms with Crippen molar-refractivity contribution in [1.29, 1.82) is 0 Å². The van der Waals surface area contributed by atoms with Crippen molar-refractivity contribution in [2.45, 2.75) is 25.8 Å². The Morgan fingerprint density at radius 2 is 1.75 bits per heavy atom. The molecule has 0 spiro atoms. The van der Waals surface area contributed by atoms with Crippen LogP contribution in [0.5, 0.6) is 5.75 Å². The largest absolute Gasteiger partial charge is 0.494 e. The molecule has 148 valence electrons. The summed E-state index contributed by atoms with van der Waals surface area (Å²) in [6, 6.07) is 4.20. The van der Waals surface area contributed by atoms with Crippen LogP contribution in [0.1, 0.15) is 39.3 Å². The van der Waals surface area contributed by atoms with Crippen LogP contribution in [0.4, 0.5) is 4.39 Å². The zero-order valence-electron chi connectivity index (χ0n) is 15.9. The van der Waals surface area contributed by atoms with Crippen LogP contribution in [-0.2, 0) is 13.0 Å². The molecule has 1 aromatic carbocycles. The van der Waals surface area contributed by atoms with Gasteiger partial charge in [0.1, 0.15) is 0 Å². The number of methoxy groups -OCH3 is 1. The number of aryl methyl sites for hydroxylation is 1. The monoisotopic (exact) mass is 386 g/mol. The fraction of sp³-hybridized carbons (Fsp3) is 0.450. The van der Waals surface area contributed by atoms with Crippen LogP contribution in [0, 0.1) is 5.82 Å². The van der Waals surface area contributed by atoms with Crippen molar-refractivity contribution in [3.8, 4) is 5.75 Å². The zero-order chi connectivity index (χ0) is 19.7. The molecule has 2 aromatic rings. The Bertz CT molecular complexity index is 903. The second-order valence-electron chi connectivity index (χ2n) is 7.12. The summed E-state index contributed by atoms with van der Waals surface area (Å²) in [5.41, 5.74) is 1.98. The molecule has 8 heteroatoms. The summed E-state index contributed by atoms with van der Waals surface area (Å²) < 4.78 is 20.7. The minimum absolute atomic E-state index is 0.0225. The first kappa shape index (κ1) is 18.5. The van der Waals surface area contributed by atoms with Gasteiger partial charge in [0.05, 0.1) is 24.6 Å². The Balaban J connectivity index is 1.40. The lowest BCUT2D eigenvalue weighted by Gasteiger charge is -2.35. The molecule has 0 N–H and O–H groups in total. The number of amides is 2. The third-order valence-corrected chi connectivity index (χ3v) is 5.47. The van der Waals surface area contributed by atoms with E-state index in [2.05, 4.69) is 5.10 Å². The van der Waals surface area contributed by atoms with Crippen LogP contribution < -0.4 is 4.74 Å². The average Bonchev–Trinajstić information content (AvgIpc) is 3.17. The van der Waals surface area contributed by atoms with E-state index in [1.165, 1.54) is 19.2 Å². The molecule has 0 aliphatic carbocycles. The Kier molecular flexibility index (Phi) is 5.02. The highest BCUT2D eigenvalue weighted by Crippen LogP contribution is 2.22. The van der Waals surface area contributed by atoms with Gasteiger partial charge < -0.3 is 14.5 Å². The van der Waals surface area contributed by atoms with E-state index in [4.69, 9.17) is 4.74 Å². The van der Waals surface area contributed by atoms with E-state index in [1.54, 1.807) is 22.1 Å². The Hall–Kier alpha value is -2.90. The molecule has 0 atom stereocenters. The summed E-state index contributed by atoms with van der Waals surface area (Å²) in [6.45, 7) is 2.61. The van der Waals surface area contributed by atoms with Gasteiger partial charge in [-0.2, -0.15) is 5.10 Å². The molecular weight excluding hydrogens is 363 g/mol. The van der Waals surface area contributed by atoms with Crippen molar-refractivity contribution in [3.05, 3.63) is 47.0 Å². The van der Waals surface area contributed by atoms with Gasteiger partial charge in [-0.25, -0.2) is 4.39 Å². The van der Waals surface area contributed by atoms with Gasteiger partial charge in [0.25, 0.3) is 11.8 Å². The number of piperazine rings is 1. The fourth-order valence-corrected chi connectivity index (χ4v) is 3.86. The number of fused-ring (bicyclic) bond motifs is 1. The third kappa shape index (κ3) is 3.34. The quantitative estimate of drug-likeness (QED) is 0.809. The molecule has 4 rings (SSSR count). The van der Waals surface area contributed by atoms with E-state index < -0.39 is 5.82 Å². The van der Waals surface area contributed by atoms with Crippen LogP contribution >= 0.6 is 0 Å². The van der Waals surface area contributed by atoms with E-state index in [0.717, 1.165) is 31.5 Å². The van der Waals surface area contributed by atoms with Gasteiger partial charge >= 0.3 is 0 Å². The molecule has 7 nitrogen and oxygen atoms in total. The second kappa shape index (κ2) is 7.61. The van der Waals surface area contributed by atoms with Crippen molar-refractivity contribution in [2.24, 2.45) is 0 Å². The molecule has 0 bridgehead atoms. The summed E-state index contributed by atoms with van der Waals surface area (Å²) in [5.74, 6) is -0.716. The normalized spacial score (nSPS) is 16.6. The van der Waals surface area contributed by atoms with Crippen LogP contribution in [-0.4, -0.2) is 64.7 Å². The smallest absolute Gasteiger partial charge is 0.257 e. The van der Waals surface area contributed by atoms with E-state index in [9.17, 15) is 14.0 Å². The van der Waals surface area contributed by atoms with E-state index >= 15 is 0 Å². The molecule has 1 fully saturated rings. The predicted molar refractivity (Wildman–Crippen MR) is 99.9 cm³/mol. The first-order chi connectivity index (χ1) is 13.6. The van der Waals surface area contributed by atoms with E-state index in [0.29, 0.717) is 31.7 Å². The maximum atomic E-state index is 13.9. The van der Waals surface area contributed by atoms with Crippen LogP contribution in [0.15, 0.2) is 24.4 Å². The molecule has 1 aromatic heterocycles. The Morgan fingerprint density at radius 1 is 1.04 bits per heavy atom. The van der Waals surface area contributed by atoms with Gasteiger partial charge in [-0.1, -0.05) is 0 Å². The topological polar surface area (TPSA) is 67.7 Å². The molecular formula is C20H23FN4O3. The highest BCUT2D eigenvalue weighted by molar-refractivity contribution is 5.96. The lowest BCUT2D eigenvalue weighted by atomic mass is 10.1. The number of hydrogen-bond donors (Lipinski definition) is 0. The first-order valence-electron chi connectivity index (χ1n) is 9.55. The van der Waals surface area contributed by atoms with Crippen molar-refractivity contribution in [2.75, 3.05) is 33.3 Å². The number of ether oxygens (including phenoxy) is 1. The van der Waals surface area contributed by atoms with Crippen molar-refractivity contribution in [3.63, 3.8) is 0 Å². The summed E-state index contributed by atoms with van der Waals surface area (Å²) in [7, 11) is 1.38. The lowest BCUT2D eigenvalue weighted by Crippen LogP contribution is -2.50. The minimum atomic E-state index is -0.562. The second-order valence-corrected chi connectivity index (χ2v) is 7.12. The number of rotatable bonds is 3. The summed E-state index contributed by atoms with van der Waals surface area (Å²) in [4.78, 5) is 29.0. The number of nitrogens with zero attached hydrogens (tertiary/aromatic N) is 4. The number of halogens is 1. The molecule has 2 aliphatic rings. The van der Waals surface area contributed by atoms with Crippen LogP contribution in [0.25, 0.3) is 0 Å². The standard InChI is InChI=1S/C20H23FN4O3/c1-28-18-6-5-14(12-16(18)21)19(26)23-8-10-24(11-9-23)20(27)15-13-22-25-7-3-2-4-17(15)25/h5-6,12-13H,2-4,7-11H2,1H3. The molecule has 0 saturated carbocycles. The number of carbonyl (C=O) groups excluding carboxylic acids is 2. The third-order valence-electron chi connectivity index (χ3n) is 5.47. The summed E-state index contributed by atoms with van der Waals surface area (Å²) >= 11 is 0. The van der Waals surface area contributed by atoms with E-state index in [-0.39, 0.29) is 23.1 Å². The van der Waals surface area contributed by atoms with Crippen LogP contribution in [0.3, 0.4) is 0 Å². The Labute approximate surface area is 162 Å². The number of aromatic nitrogens is 2. The van der Waals surface area contributed by atoms with Gasteiger partial charge in [-0.05, 0) is 37.5 Å². The highest BCUT2D eigenvalue weighted by Gasteiger charge is 2.29. The number of carbonyl (C=O) groups is 2. The van der Waals surface area contributed by atoms with E-state index in [1.807, 2.05) is 4.68 Å². The molecule has 0 unspecified atom stereocenters. The maximum absolute atomic E-state index is 13.9. The summed E-state index contributed by atoms with van der Waals surface area (Å²) in [6.07, 6.45) is 4.71. The summed E-state index contributed by atoms with van der Waals surface area (Å²) in [5, 5.41) is 4.34. The first-order valence-corrected chi connectivity index (χ1v) is 9.55. The molecule has 2 aliphatic heterocycles. The highest BCUT2D eigenvalue weighted by atomic mass is 19.1. The molecule has 3 heterocycles. The SMILES string of the molecule is COc1ccc(C(=O)N2CCN(C(=O)c3cnn4c3CCCC4)CC2)cc1F. The number of hydrogen-bond acceptors (Lipinski definition) is 4. The van der Waals surface area contributed by atoms with Crippen molar-refractivity contribution in [1.82, 2.24) is 19.6 Å². The van der Waals surface area contributed by atoms with Crippen molar-refractivity contribution < 1.29 is 18.7 Å². The van der Waals surface area contributed by atoms with Gasteiger partial charge in [-0.15, -0.1) is 0 Å².